The SMILES string of the molecule is C#CC(C)NC(C)CCCCCC. The summed E-state index contributed by atoms with van der Waals surface area (Å²) in [5.41, 5.74) is 0. The lowest BCUT2D eigenvalue weighted by Gasteiger charge is -2.15. The standard InChI is InChI=1S/C12H23N/c1-5-7-8-9-10-12(4)13-11(3)6-2/h2,11-13H,5,7-10H2,1,3-4H3. The lowest BCUT2D eigenvalue weighted by atomic mass is 10.1. The van der Waals surface area contributed by atoms with E-state index in [1.54, 1.807) is 0 Å². The molecule has 0 saturated heterocycles. The zero-order chi connectivity index (χ0) is 10.1. The predicted octanol–water partition coefficient (Wildman–Crippen LogP) is 2.96. The van der Waals surface area contributed by atoms with Crippen LogP contribution < -0.4 is 5.32 Å². The number of hydrogen-bond acceptors (Lipinski definition) is 1. The Kier molecular flexibility index (Phi) is 7.83. The van der Waals surface area contributed by atoms with E-state index in [-0.39, 0.29) is 6.04 Å². The average Bonchev–Trinajstić information content (AvgIpc) is 2.12. The first-order valence-electron chi connectivity index (χ1n) is 5.42. The third-order valence-corrected chi connectivity index (χ3v) is 2.28. The Balaban J connectivity index is 3.30. The van der Waals surface area contributed by atoms with Crippen LogP contribution in [0.1, 0.15) is 52.9 Å². The van der Waals surface area contributed by atoms with Crippen molar-refractivity contribution >= 4 is 0 Å². The molecule has 0 aromatic rings. The van der Waals surface area contributed by atoms with Crippen molar-refractivity contribution in [1.82, 2.24) is 5.32 Å². The zero-order valence-corrected chi connectivity index (χ0v) is 9.27. The topological polar surface area (TPSA) is 12.0 Å². The molecule has 0 aliphatic heterocycles. The van der Waals surface area contributed by atoms with Crippen LogP contribution in [0.3, 0.4) is 0 Å². The minimum atomic E-state index is 0.209. The second-order valence-electron chi connectivity index (χ2n) is 3.81. The first-order valence-corrected chi connectivity index (χ1v) is 5.42. The van der Waals surface area contributed by atoms with Crippen molar-refractivity contribution in [3.8, 4) is 12.3 Å². The molecule has 0 rings (SSSR count). The Morgan fingerprint density at radius 1 is 1.23 bits per heavy atom. The highest BCUT2D eigenvalue weighted by atomic mass is 14.9. The molecule has 0 aliphatic carbocycles. The Hall–Kier alpha value is -0.480. The van der Waals surface area contributed by atoms with E-state index in [2.05, 4.69) is 25.1 Å². The van der Waals surface area contributed by atoms with Crippen molar-refractivity contribution in [1.29, 1.82) is 0 Å². The maximum Gasteiger partial charge on any atom is 0.0660 e. The molecule has 2 atom stereocenters. The van der Waals surface area contributed by atoms with Gasteiger partial charge in [-0.1, -0.05) is 38.5 Å². The van der Waals surface area contributed by atoms with Crippen LogP contribution in [0, 0.1) is 12.3 Å². The van der Waals surface area contributed by atoms with Gasteiger partial charge >= 0.3 is 0 Å². The number of terminal acetylenes is 1. The zero-order valence-electron chi connectivity index (χ0n) is 9.27. The van der Waals surface area contributed by atoms with E-state index in [9.17, 15) is 0 Å². The van der Waals surface area contributed by atoms with Gasteiger partial charge in [0.15, 0.2) is 0 Å². The molecule has 0 fully saturated rings. The lowest BCUT2D eigenvalue weighted by molar-refractivity contribution is 0.468. The Bertz CT molecular complexity index is 146. The molecule has 76 valence electrons. The molecular weight excluding hydrogens is 158 g/mol. The van der Waals surface area contributed by atoms with Crippen LogP contribution in [-0.2, 0) is 0 Å². The molecular formula is C12H23N. The minimum Gasteiger partial charge on any atom is -0.301 e. The second kappa shape index (κ2) is 8.13. The lowest BCUT2D eigenvalue weighted by Crippen LogP contribution is -2.33. The number of rotatable bonds is 7. The highest BCUT2D eigenvalue weighted by molar-refractivity contribution is 4.96. The molecule has 0 heterocycles. The summed E-state index contributed by atoms with van der Waals surface area (Å²) >= 11 is 0. The van der Waals surface area contributed by atoms with Crippen molar-refractivity contribution in [2.24, 2.45) is 0 Å². The molecule has 1 heteroatoms. The van der Waals surface area contributed by atoms with Gasteiger partial charge in [0.1, 0.15) is 0 Å². The molecule has 1 nitrogen and oxygen atoms in total. The number of hydrogen-bond donors (Lipinski definition) is 1. The smallest absolute Gasteiger partial charge is 0.0660 e. The van der Waals surface area contributed by atoms with Crippen LogP contribution >= 0.6 is 0 Å². The van der Waals surface area contributed by atoms with E-state index in [1.807, 2.05) is 6.92 Å². The second-order valence-corrected chi connectivity index (χ2v) is 3.81. The van der Waals surface area contributed by atoms with Crippen LogP contribution in [0.5, 0.6) is 0 Å². The van der Waals surface area contributed by atoms with Gasteiger partial charge in [-0.05, 0) is 20.3 Å². The Morgan fingerprint density at radius 2 is 1.92 bits per heavy atom. The van der Waals surface area contributed by atoms with Gasteiger partial charge in [0.2, 0.25) is 0 Å². The fourth-order valence-corrected chi connectivity index (χ4v) is 1.44. The van der Waals surface area contributed by atoms with Crippen molar-refractivity contribution in [2.45, 2.75) is 65.0 Å². The molecule has 0 aliphatic rings. The molecule has 0 amide bonds. The summed E-state index contributed by atoms with van der Waals surface area (Å²) in [5, 5.41) is 3.37. The van der Waals surface area contributed by atoms with Crippen LogP contribution in [0.2, 0.25) is 0 Å². The molecule has 0 aromatic carbocycles. The maximum absolute atomic E-state index is 5.28. The molecule has 0 spiro atoms. The first-order chi connectivity index (χ1) is 6.20. The van der Waals surface area contributed by atoms with Gasteiger partial charge in [-0.25, -0.2) is 0 Å². The van der Waals surface area contributed by atoms with Crippen molar-refractivity contribution in [3.05, 3.63) is 0 Å². The first kappa shape index (κ1) is 12.5. The Morgan fingerprint density at radius 3 is 2.46 bits per heavy atom. The normalized spacial score (nSPS) is 14.9. The van der Waals surface area contributed by atoms with Crippen molar-refractivity contribution in [2.75, 3.05) is 0 Å². The van der Waals surface area contributed by atoms with Gasteiger partial charge in [-0.2, -0.15) is 0 Å². The van der Waals surface area contributed by atoms with Gasteiger partial charge in [-0.3, -0.25) is 0 Å². The van der Waals surface area contributed by atoms with E-state index in [4.69, 9.17) is 6.42 Å². The molecule has 0 bridgehead atoms. The third kappa shape index (κ3) is 7.87. The van der Waals surface area contributed by atoms with E-state index in [1.165, 1.54) is 32.1 Å². The number of unbranched alkanes of at least 4 members (excludes halogenated alkanes) is 3. The maximum atomic E-state index is 5.28. The summed E-state index contributed by atoms with van der Waals surface area (Å²) in [6.07, 6.45) is 11.9. The van der Waals surface area contributed by atoms with Crippen LogP contribution in [0.4, 0.5) is 0 Å². The van der Waals surface area contributed by atoms with Gasteiger partial charge < -0.3 is 5.32 Å². The molecule has 1 N–H and O–H groups in total. The highest BCUT2D eigenvalue weighted by Crippen LogP contribution is 2.05. The summed E-state index contributed by atoms with van der Waals surface area (Å²) in [6, 6.07) is 0.768. The van der Waals surface area contributed by atoms with E-state index >= 15 is 0 Å². The van der Waals surface area contributed by atoms with Gasteiger partial charge in [0, 0.05) is 6.04 Å². The van der Waals surface area contributed by atoms with Crippen molar-refractivity contribution < 1.29 is 0 Å². The van der Waals surface area contributed by atoms with Crippen LogP contribution in [-0.4, -0.2) is 12.1 Å². The quantitative estimate of drug-likeness (QED) is 0.470. The van der Waals surface area contributed by atoms with Gasteiger partial charge in [-0.15, -0.1) is 6.42 Å². The summed E-state index contributed by atoms with van der Waals surface area (Å²) < 4.78 is 0. The highest BCUT2D eigenvalue weighted by Gasteiger charge is 2.03. The molecule has 13 heavy (non-hydrogen) atoms. The molecule has 0 aromatic heterocycles. The largest absolute Gasteiger partial charge is 0.301 e. The third-order valence-electron chi connectivity index (χ3n) is 2.28. The molecule has 0 saturated carbocycles. The van der Waals surface area contributed by atoms with E-state index < -0.39 is 0 Å². The summed E-state index contributed by atoms with van der Waals surface area (Å²) in [5.74, 6) is 2.69. The summed E-state index contributed by atoms with van der Waals surface area (Å²) in [4.78, 5) is 0. The van der Waals surface area contributed by atoms with Crippen LogP contribution in [0.15, 0.2) is 0 Å². The Labute approximate surface area is 83.3 Å². The number of nitrogens with one attached hydrogen (secondary N) is 1. The van der Waals surface area contributed by atoms with E-state index in [0.29, 0.717) is 6.04 Å². The van der Waals surface area contributed by atoms with Crippen LogP contribution in [0.25, 0.3) is 0 Å². The van der Waals surface area contributed by atoms with Crippen molar-refractivity contribution in [3.63, 3.8) is 0 Å². The minimum absolute atomic E-state index is 0.209. The van der Waals surface area contributed by atoms with Gasteiger partial charge in [0.05, 0.1) is 6.04 Å². The monoisotopic (exact) mass is 181 g/mol. The fourth-order valence-electron chi connectivity index (χ4n) is 1.44. The fraction of sp³-hybridized carbons (Fsp3) is 0.833. The average molecular weight is 181 g/mol. The summed E-state index contributed by atoms with van der Waals surface area (Å²) in [7, 11) is 0. The molecule has 2 unspecified atom stereocenters. The summed E-state index contributed by atoms with van der Waals surface area (Å²) in [6.45, 7) is 6.48. The predicted molar refractivity (Wildman–Crippen MR) is 59.7 cm³/mol. The van der Waals surface area contributed by atoms with E-state index in [0.717, 1.165) is 0 Å². The molecule has 0 radical (unpaired) electrons. The van der Waals surface area contributed by atoms with Gasteiger partial charge in [0.25, 0.3) is 0 Å².